The Bertz CT molecular complexity index is 2620. The molecule has 2 aromatic heterocycles. The van der Waals surface area contributed by atoms with E-state index in [-0.39, 0.29) is 77.0 Å². The number of aromatic nitrogens is 4. The number of aliphatic carboxylic acids is 1. The number of nitrogens with zero attached hydrogens (tertiary/aromatic N) is 5. The summed E-state index contributed by atoms with van der Waals surface area (Å²) in [5, 5.41) is 25.4. The third kappa shape index (κ3) is 15.9. The van der Waals surface area contributed by atoms with Gasteiger partial charge in [0.15, 0.2) is 0 Å². The van der Waals surface area contributed by atoms with Gasteiger partial charge in [0.05, 0.1) is 25.6 Å². The van der Waals surface area contributed by atoms with Crippen LogP contribution < -0.4 is 43.4 Å². The average molecular weight is 1090 g/mol. The Hall–Kier alpha value is -8.23. The number of rotatable bonds is 26. The highest BCUT2D eigenvalue weighted by Gasteiger charge is 2.46. The molecular weight excluding hydrogens is 1010 g/mol. The van der Waals surface area contributed by atoms with Gasteiger partial charge in [-0.05, 0) is 63.4 Å². The summed E-state index contributed by atoms with van der Waals surface area (Å²) >= 11 is 0. The molecule has 9 atom stereocenters. The van der Waals surface area contributed by atoms with E-state index in [1.54, 1.807) is 30.3 Å². The highest BCUT2D eigenvalue weighted by atomic mass is 16.4. The Morgan fingerprint density at radius 1 is 0.615 bits per heavy atom. The highest BCUT2D eigenvalue weighted by Crippen LogP contribution is 2.27. The molecule has 0 radical (unpaired) electrons. The summed E-state index contributed by atoms with van der Waals surface area (Å²) in [7, 11) is 0. The molecule has 0 unspecified atom stereocenters. The van der Waals surface area contributed by atoms with Crippen molar-refractivity contribution in [2.24, 2.45) is 17.4 Å². The maximum absolute atomic E-state index is 14.6. The molecule has 10 amide bonds. The summed E-state index contributed by atoms with van der Waals surface area (Å²) in [6.07, 6.45) is 7.17. The first-order valence-electron chi connectivity index (χ1n) is 26.2. The van der Waals surface area contributed by atoms with Crippen LogP contribution in [0.4, 0.5) is 0 Å². The van der Waals surface area contributed by atoms with Gasteiger partial charge in [-0.25, -0.2) is 14.8 Å². The van der Waals surface area contributed by atoms with Gasteiger partial charge in [-0.1, -0.05) is 44.2 Å². The molecule has 0 spiro atoms. The number of carboxylic acid groups (broad SMARTS) is 1. The van der Waals surface area contributed by atoms with Crippen molar-refractivity contribution in [3.63, 3.8) is 0 Å². The Labute approximate surface area is 449 Å². The van der Waals surface area contributed by atoms with Crippen molar-refractivity contribution in [2.45, 2.75) is 146 Å². The number of carbonyl (C=O) groups excluding carboxylic acids is 10. The first kappa shape index (κ1) is 59.0. The van der Waals surface area contributed by atoms with E-state index in [0.717, 1.165) is 0 Å². The van der Waals surface area contributed by atoms with Crippen LogP contribution in [0.5, 0.6) is 0 Å². The summed E-state index contributed by atoms with van der Waals surface area (Å²) in [6, 6.07) is -2.45. The summed E-state index contributed by atoms with van der Waals surface area (Å²) in [4.78, 5) is 167. The van der Waals surface area contributed by atoms with E-state index in [4.69, 9.17) is 11.5 Å². The monoisotopic (exact) mass is 1090 g/mol. The Morgan fingerprint density at radius 3 is 1.69 bits per heavy atom. The Balaban J connectivity index is 1.10. The number of benzene rings is 1. The maximum atomic E-state index is 14.6. The van der Waals surface area contributed by atoms with Gasteiger partial charge in [0, 0.05) is 62.7 Å². The number of hydrogen-bond acceptors (Lipinski definition) is 14. The largest absolute Gasteiger partial charge is 0.480 e. The van der Waals surface area contributed by atoms with Crippen LogP contribution in [-0.2, 0) is 72.0 Å². The number of hydrogen-bond donors (Lipinski definition) is 11. The first-order valence-corrected chi connectivity index (χ1v) is 26.2. The van der Waals surface area contributed by atoms with E-state index >= 15 is 0 Å². The number of aromatic amines is 2. The molecule has 3 aliphatic heterocycles. The summed E-state index contributed by atoms with van der Waals surface area (Å²) < 4.78 is 0. The lowest BCUT2D eigenvalue weighted by Gasteiger charge is -2.34. The lowest BCUT2D eigenvalue weighted by atomic mass is 10.0. The number of imidazole rings is 2. The van der Waals surface area contributed by atoms with Gasteiger partial charge in [0.1, 0.15) is 54.4 Å². The van der Waals surface area contributed by atoms with Crippen LogP contribution in [-0.4, -0.2) is 185 Å². The number of carboxylic acids is 1. The molecule has 13 N–H and O–H groups in total. The van der Waals surface area contributed by atoms with Gasteiger partial charge in [-0.2, -0.15) is 0 Å². The lowest BCUT2D eigenvalue weighted by Crippen LogP contribution is -2.60. The predicted molar refractivity (Wildman–Crippen MR) is 276 cm³/mol. The van der Waals surface area contributed by atoms with Crippen LogP contribution >= 0.6 is 0 Å². The first-order chi connectivity index (χ1) is 37.2. The quantitative estimate of drug-likeness (QED) is 0.0382. The zero-order chi connectivity index (χ0) is 56.6. The van der Waals surface area contributed by atoms with Crippen molar-refractivity contribution in [3.8, 4) is 0 Å². The molecule has 5 heterocycles. The summed E-state index contributed by atoms with van der Waals surface area (Å²) in [5.74, 6) is -8.51. The third-order valence-electron chi connectivity index (χ3n) is 13.9. The van der Waals surface area contributed by atoms with Gasteiger partial charge in [-0.15, -0.1) is 0 Å². The molecule has 3 fully saturated rings. The zero-order valence-electron chi connectivity index (χ0n) is 43.9. The highest BCUT2D eigenvalue weighted by molar-refractivity contribution is 5.99. The lowest BCUT2D eigenvalue weighted by molar-refractivity contribution is -0.148. The van der Waals surface area contributed by atoms with Crippen molar-refractivity contribution in [1.29, 1.82) is 0 Å². The van der Waals surface area contributed by atoms with E-state index in [9.17, 15) is 57.8 Å². The minimum atomic E-state index is -1.60. The third-order valence-corrected chi connectivity index (χ3v) is 13.9. The number of amides is 10. The molecule has 0 saturated carbocycles. The number of nitrogens with two attached hydrogens (primary N) is 2. The molecule has 27 nitrogen and oxygen atoms in total. The van der Waals surface area contributed by atoms with E-state index in [1.807, 2.05) is 13.8 Å². The van der Waals surface area contributed by atoms with Crippen LogP contribution in [0.1, 0.15) is 89.1 Å². The van der Waals surface area contributed by atoms with Crippen molar-refractivity contribution in [3.05, 3.63) is 72.3 Å². The smallest absolute Gasteiger partial charge is 0.326 e. The van der Waals surface area contributed by atoms with Crippen molar-refractivity contribution in [1.82, 2.24) is 66.5 Å². The Morgan fingerprint density at radius 2 is 1.13 bits per heavy atom. The van der Waals surface area contributed by atoms with Crippen LogP contribution in [0.15, 0.2) is 55.4 Å². The number of nitrogens with one attached hydrogen (secondary N) is 8. The number of H-pyrrole nitrogens is 2. The van der Waals surface area contributed by atoms with Crippen LogP contribution in [0, 0.1) is 5.92 Å². The van der Waals surface area contributed by atoms with Gasteiger partial charge in [-0.3, -0.25) is 47.9 Å². The minimum absolute atomic E-state index is 0.0362. The molecule has 0 aliphatic carbocycles. The van der Waals surface area contributed by atoms with E-state index in [0.29, 0.717) is 36.2 Å². The van der Waals surface area contributed by atoms with Crippen LogP contribution in [0.25, 0.3) is 0 Å². The van der Waals surface area contributed by atoms with Crippen LogP contribution in [0.2, 0.25) is 0 Å². The number of likely N-dealkylation sites (tertiary alicyclic amines) is 3. The molecule has 27 heteroatoms. The standard InChI is InChI=1S/C51H71N15O12/c1-28(2)18-35(61-44(70)33(59-42(68)23-52)20-31-24-54-26-56-31)48(74)66-17-9-14-40(66)50(76)65-16-8-13-39(65)47(73)62-36(21-32-25-55-27-57-32)49(75)64-15-7-12-38(64)46(72)58-29(3)43(69)60-34(22-41(53)67)45(71)63-37(51(77)78)19-30-10-5-4-6-11-30/h4-6,10-11,24-29,33-40H,7-9,12-23,52H2,1-3H3,(H2,53,67)(H,54,56)(H,55,57)(H,58,72)(H,59,68)(H,60,69)(H,61,70)(H,62,73)(H,63,71)(H,77,78)/t29-,33-,34-,35-,36-,37-,38-,39-,40-/m0/s1. The fourth-order valence-corrected chi connectivity index (χ4v) is 10.0. The SMILES string of the molecule is CC(C)C[C@H](NC(=O)[C@H](Cc1cnc[nH]1)NC(=O)CN)C(=O)N1CCC[C@H]1C(=O)N1CCC[C@H]1C(=O)N[C@@H](Cc1cnc[nH]1)C(=O)N1CCC[C@H]1C(=O)N[C@@H](C)C(=O)N[C@@H](CC(N)=O)C(=O)N[C@@H](Cc1ccccc1)C(=O)O. The summed E-state index contributed by atoms with van der Waals surface area (Å²) in [5.41, 5.74) is 12.5. The normalized spacial score (nSPS) is 19.4. The van der Waals surface area contributed by atoms with Crippen molar-refractivity contribution in [2.75, 3.05) is 26.2 Å². The molecule has 3 aromatic rings. The van der Waals surface area contributed by atoms with Gasteiger partial charge in [0.25, 0.3) is 0 Å². The minimum Gasteiger partial charge on any atom is -0.480 e. The van der Waals surface area contributed by atoms with Gasteiger partial charge in [0.2, 0.25) is 59.1 Å². The van der Waals surface area contributed by atoms with Gasteiger partial charge < -0.3 is 73.1 Å². The zero-order valence-corrected chi connectivity index (χ0v) is 43.9. The summed E-state index contributed by atoms with van der Waals surface area (Å²) in [6.45, 7) is 5.19. The molecule has 78 heavy (non-hydrogen) atoms. The predicted octanol–water partition coefficient (Wildman–Crippen LogP) is -2.97. The molecular formula is C51H71N15O12. The molecule has 0 bridgehead atoms. The van der Waals surface area contributed by atoms with Crippen LogP contribution in [0.3, 0.4) is 0 Å². The number of carbonyl (C=O) groups is 11. The van der Waals surface area contributed by atoms with Gasteiger partial charge >= 0.3 is 5.97 Å². The second kappa shape index (κ2) is 27.7. The maximum Gasteiger partial charge on any atom is 0.326 e. The second-order valence-corrected chi connectivity index (χ2v) is 20.3. The molecule has 6 rings (SSSR count). The Kier molecular flexibility index (Phi) is 21.0. The molecule has 3 aliphatic rings. The van der Waals surface area contributed by atoms with E-state index < -0.39 is 126 Å². The van der Waals surface area contributed by atoms with Crippen molar-refractivity contribution < 1.29 is 57.8 Å². The second-order valence-electron chi connectivity index (χ2n) is 20.3. The fraction of sp³-hybridized carbons (Fsp3) is 0.549. The molecule has 1 aromatic carbocycles. The molecule has 422 valence electrons. The number of primary amides is 1. The topological polar surface area (TPSA) is 399 Å². The van der Waals surface area contributed by atoms with E-state index in [2.05, 4.69) is 51.8 Å². The molecule has 3 saturated heterocycles. The average Bonchev–Trinajstić information content (AvgIpc) is 4.28. The van der Waals surface area contributed by atoms with Crippen molar-refractivity contribution >= 4 is 65.0 Å². The van der Waals surface area contributed by atoms with E-state index in [1.165, 1.54) is 46.7 Å². The fourth-order valence-electron chi connectivity index (χ4n) is 10.0.